The van der Waals surface area contributed by atoms with Gasteiger partial charge in [-0.1, -0.05) is 47.6 Å². The third kappa shape index (κ3) is 4.14. The van der Waals surface area contributed by atoms with Crippen molar-refractivity contribution in [2.24, 2.45) is 0 Å². The SMILES string of the molecule is Cc1cc(C(=O)COC(=O)Cc2noc3ccccc23)c(C)n1[C@H](C)c1ccccc1. The van der Waals surface area contributed by atoms with Gasteiger partial charge >= 0.3 is 5.97 Å². The third-order valence-electron chi connectivity index (χ3n) is 5.58. The smallest absolute Gasteiger partial charge is 0.312 e. The normalized spacial score (nSPS) is 12.1. The van der Waals surface area contributed by atoms with Crippen LogP contribution in [-0.4, -0.2) is 28.1 Å². The van der Waals surface area contributed by atoms with Gasteiger partial charge in [0.1, 0.15) is 5.69 Å². The van der Waals surface area contributed by atoms with Gasteiger partial charge in [-0.2, -0.15) is 0 Å². The summed E-state index contributed by atoms with van der Waals surface area (Å²) >= 11 is 0. The van der Waals surface area contributed by atoms with Gasteiger partial charge in [0, 0.05) is 22.3 Å². The van der Waals surface area contributed by atoms with Crippen LogP contribution in [0.4, 0.5) is 0 Å². The van der Waals surface area contributed by atoms with Crippen molar-refractivity contribution in [3.63, 3.8) is 0 Å². The molecule has 4 rings (SSSR count). The molecule has 2 aromatic carbocycles. The van der Waals surface area contributed by atoms with Crippen LogP contribution < -0.4 is 0 Å². The Morgan fingerprint density at radius 3 is 2.55 bits per heavy atom. The number of esters is 1. The number of aromatic nitrogens is 2. The molecular weight excluding hydrogens is 392 g/mol. The summed E-state index contributed by atoms with van der Waals surface area (Å²) in [6.45, 7) is 5.69. The lowest BCUT2D eigenvalue weighted by atomic mass is 10.1. The predicted octanol–water partition coefficient (Wildman–Crippen LogP) is 4.82. The zero-order valence-corrected chi connectivity index (χ0v) is 17.8. The van der Waals surface area contributed by atoms with Gasteiger partial charge in [0.25, 0.3) is 0 Å². The van der Waals surface area contributed by atoms with Gasteiger partial charge in [-0.25, -0.2) is 0 Å². The van der Waals surface area contributed by atoms with E-state index in [4.69, 9.17) is 9.26 Å². The van der Waals surface area contributed by atoms with Crippen LogP contribution in [0.1, 0.15) is 46.0 Å². The van der Waals surface area contributed by atoms with E-state index in [1.165, 1.54) is 0 Å². The summed E-state index contributed by atoms with van der Waals surface area (Å²) in [4.78, 5) is 25.1. The lowest BCUT2D eigenvalue weighted by molar-refractivity contribution is -0.141. The fraction of sp³-hybridized carbons (Fsp3) is 0.240. The van der Waals surface area contributed by atoms with Crippen LogP contribution >= 0.6 is 0 Å². The highest BCUT2D eigenvalue weighted by molar-refractivity contribution is 5.99. The Balaban J connectivity index is 1.43. The molecule has 0 aliphatic heterocycles. The second-order valence-electron chi connectivity index (χ2n) is 7.63. The van der Waals surface area contributed by atoms with E-state index in [0.29, 0.717) is 16.8 Å². The summed E-state index contributed by atoms with van der Waals surface area (Å²) in [5, 5.41) is 4.70. The van der Waals surface area contributed by atoms with Crippen LogP contribution in [0.3, 0.4) is 0 Å². The van der Waals surface area contributed by atoms with E-state index < -0.39 is 5.97 Å². The van der Waals surface area contributed by atoms with Gasteiger partial charge in [0.15, 0.2) is 12.2 Å². The highest BCUT2D eigenvalue weighted by atomic mass is 16.5. The highest BCUT2D eigenvalue weighted by Gasteiger charge is 2.21. The molecule has 0 N–H and O–H groups in total. The number of rotatable bonds is 7. The Bertz CT molecular complexity index is 1240. The molecule has 6 heteroatoms. The number of nitrogens with zero attached hydrogens (tertiary/aromatic N) is 2. The molecule has 2 aromatic heterocycles. The number of carbonyl (C=O) groups excluding carboxylic acids is 2. The summed E-state index contributed by atoms with van der Waals surface area (Å²) < 4.78 is 12.6. The molecule has 4 aromatic rings. The van der Waals surface area contributed by atoms with Gasteiger partial charge in [0.05, 0.1) is 12.5 Å². The van der Waals surface area contributed by atoms with E-state index in [0.717, 1.165) is 22.3 Å². The first kappa shape index (κ1) is 20.6. The summed E-state index contributed by atoms with van der Waals surface area (Å²) in [6, 6.07) is 19.4. The maximum absolute atomic E-state index is 12.8. The van der Waals surface area contributed by atoms with Gasteiger partial charge < -0.3 is 13.8 Å². The van der Waals surface area contributed by atoms with Crippen molar-refractivity contribution in [1.29, 1.82) is 0 Å². The van der Waals surface area contributed by atoms with E-state index in [1.54, 1.807) is 6.07 Å². The van der Waals surface area contributed by atoms with Crippen molar-refractivity contribution in [2.75, 3.05) is 6.61 Å². The molecule has 0 radical (unpaired) electrons. The molecular formula is C25H24N2O4. The van der Waals surface area contributed by atoms with Crippen molar-refractivity contribution in [3.05, 3.63) is 88.9 Å². The molecule has 0 amide bonds. The molecule has 31 heavy (non-hydrogen) atoms. The Morgan fingerprint density at radius 2 is 1.77 bits per heavy atom. The van der Waals surface area contributed by atoms with Crippen LogP contribution in [0.25, 0.3) is 11.0 Å². The van der Waals surface area contributed by atoms with Gasteiger partial charge in [-0.05, 0) is 44.5 Å². The Kier molecular flexibility index (Phi) is 5.71. The number of para-hydroxylation sites is 1. The average molecular weight is 416 g/mol. The van der Waals surface area contributed by atoms with Crippen LogP contribution in [0.5, 0.6) is 0 Å². The zero-order chi connectivity index (χ0) is 22.0. The van der Waals surface area contributed by atoms with E-state index >= 15 is 0 Å². The van der Waals surface area contributed by atoms with Crippen molar-refractivity contribution < 1.29 is 18.8 Å². The Morgan fingerprint density at radius 1 is 1.06 bits per heavy atom. The molecule has 0 aliphatic carbocycles. The quantitative estimate of drug-likeness (QED) is 0.319. The minimum absolute atomic E-state index is 0.0473. The molecule has 0 bridgehead atoms. The first-order chi connectivity index (χ1) is 15.0. The Labute approximate surface area is 180 Å². The maximum Gasteiger partial charge on any atom is 0.312 e. The van der Waals surface area contributed by atoms with Crippen LogP contribution in [-0.2, 0) is 16.0 Å². The second kappa shape index (κ2) is 8.60. The zero-order valence-electron chi connectivity index (χ0n) is 17.8. The van der Waals surface area contributed by atoms with E-state index in [9.17, 15) is 9.59 Å². The number of hydrogen-bond acceptors (Lipinski definition) is 5. The third-order valence-corrected chi connectivity index (χ3v) is 5.58. The van der Waals surface area contributed by atoms with Crippen molar-refractivity contribution >= 4 is 22.7 Å². The lowest BCUT2D eigenvalue weighted by Gasteiger charge is -2.19. The van der Waals surface area contributed by atoms with Crippen molar-refractivity contribution in [2.45, 2.75) is 33.2 Å². The molecule has 0 fully saturated rings. The fourth-order valence-electron chi connectivity index (χ4n) is 4.01. The molecule has 0 unspecified atom stereocenters. The molecule has 158 valence electrons. The molecule has 2 heterocycles. The topological polar surface area (TPSA) is 74.3 Å². The minimum atomic E-state index is -0.515. The van der Waals surface area contributed by atoms with Gasteiger partial charge in [-0.3, -0.25) is 9.59 Å². The maximum atomic E-state index is 12.8. The lowest BCUT2D eigenvalue weighted by Crippen LogP contribution is -2.17. The predicted molar refractivity (Wildman–Crippen MR) is 117 cm³/mol. The van der Waals surface area contributed by atoms with E-state index in [-0.39, 0.29) is 24.9 Å². The van der Waals surface area contributed by atoms with E-state index in [2.05, 4.69) is 28.8 Å². The number of hydrogen-bond donors (Lipinski definition) is 0. The van der Waals surface area contributed by atoms with Gasteiger partial charge in [0.2, 0.25) is 5.78 Å². The Hall–Kier alpha value is -3.67. The summed E-state index contributed by atoms with van der Waals surface area (Å²) in [5.41, 5.74) is 4.69. The van der Waals surface area contributed by atoms with Crippen LogP contribution in [0.15, 0.2) is 65.2 Å². The summed E-state index contributed by atoms with van der Waals surface area (Å²) in [6.07, 6.45) is -0.0473. The van der Waals surface area contributed by atoms with E-state index in [1.807, 2.05) is 56.3 Å². The van der Waals surface area contributed by atoms with Crippen LogP contribution in [0.2, 0.25) is 0 Å². The molecule has 0 saturated heterocycles. The molecule has 0 saturated carbocycles. The minimum Gasteiger partial charge on any atom is -0.457 e. The number of carbonyl (C=O) groups is 2. The molecule has 0 spiro atoms. The van der Waals surface area contributed by atoms with Crippen LogP contribution in [0, 0.1) is 13.8 Å². The fourth-order valence-corrected chi connectivity index (χ4v) is 4.01. The number of benzene rings is 2. The highest BCUT2D eigenvalue weighted by Crippen LogP contribution is 2.26. The monoisotopic (exact) mass is 416 g/mol. The number of aryl methyl sites for hydroxylation is 1. The molecule has 1 atom stereocenters. The molecule has 6 nitrogen and oxygen atoms in total. The van der Waals surface area contributed by atoms with Crippen molar-refractivity contribution in [1.82, 2.24) is 9.72 Å². The second-order valence-corrected chi connectivity index (χ2v) is 7.63. The average Bonchev–Trinajstić information content (AvgIpc) is 3.32. The standard InChI is InChI=1S/C25H24N2O4/c1-16-13-21(18(3)27(16)17(2)19-9-5-4-6-10-19)23(28)15-30-25(29)14-22-20-11-7-8-12-24(20)31-26-22/h4-13,17H,14-15H2,1-3H3/t17-/m1/s1. The van der Waals surface area contributed by atoms with Crippen molar-refractivity contribution in [3.8, 4) is 0 Å². The number of ether oxygens (including phenoxy) is 1. The largest absolute Gasteiger partial charge is 0.457 e. The summed E-state index contributed by atoms with van der Waals surface area (Å²) in [7, 11) is 0. The molecule has 0 aliphatic rings. The van der Waals surface area contributed by atoms with Gasteiger partial charge in [-0.15, -0.1) is 0 Å². The number of ketones is 1. The first-order valence-corrected chi connectivity index (χ1v) is 10.2. The number of Topliss-reactive ketones (excluding diaryl/α,β-unsaturated/α-hetero) is 1. The number of fused-ring (bicyclic) bond motifs is 1. The summed E-state index contributed by atoms with van der Waals surface area (Å²) in [5.74, 6) is -0.739. The first-order valence-electron chi connectivity index (χ1n) is 10.2.